The van der Waals surface area contributed by atoms with Gasteiger partial charge in [0, 0.05) is 27.3 Å². The number of benzene rings is 1. The summed E-state index contributed by atoms with van der Waals surface area (Å²) >= 11 is 3.17. The molecule has 1 aromatic carbocycles. The first-order chi connectivity index (χ1) is 11.6. The summed E-state index contributed by atoms with van der Waals surface area (Å²) in [5.41, 5.74) is 2.18. The first-order valence-corrected chi connectivity index (χ1v) is 9.33. The Bertz CT molecular complexity index is 814. The number of thiazole rings is 1. The number of hydrogen-bond donors (Lipinski definition) is 1. The minimum Gasteiger partial charge on any atom is -0.298 e. The molecule has 1 N–H and O–H groups in total. The molecule has 0 saturated carbocycles. The van der Waals surface area contributed by atoms with E-state index >= 15 is 0 Å². The van der Waals surface area contributed by atoms with Crippen LogP contribution in [0.2, 0.25) is 0 Å². The number of nitrogens with one attached hydrogen (secondary N) is 1. The molecule has 122 valence electrons. The minimum absolute atomic E-state index is 0.155. The van der Waals surface area contributed by atoms with Gasteiger partial charge in [0.05, 0.1) is 5.69 Å². The Balaban J connectivity index is 1.68. The van der Waals surface area contributed by atoms with Gasteiger partial charge in [0.25, 0.3) is 5.91 Å². The first kappa shape index (κ1) is 16.7. The quantitative estimate of drug-likeness (QED) is 0.657. The Kier molecular flexibility index (Phi) is 5.27. The second kappa shape index (κ2) is 7.59. The van der Waals surface area contributed by atoms with Gasteiger partial charge in [-0.1, -0.05) is 19.9 Å². The molecule has 1 amide bonds. The SMILES string of the molecule is CC(C)Sc1ccc(C(=O)Nc2nc(-c3ccccn3)cs2)cc1. The summed E-state index contributed by atoms with van der Waals surface area (Å²) in [7, 11) is 0. The number of pyridine rings is 1. The molecule has 0 aliphatic carbocycles. The van der Waals surface area contributed by atoms with E-state index in [1.54, 1.807) is 18.0 Å². The number of anilines is 1. The van der Waals surface area contributed by atoms with Crippen LogP contribution in [0.15, 0.2) is 58.9 Å². The van der Waals surface area contributed by atoms with Gasteiger partial charge in [0.2, 0.25) is 0 Å². The molecule has 2 aromatic heterocycles. The van der Waals surface area contributed by atoms with E-state index in [0.717, 1.165) is 16.3 Å². The lowest BCUT2D eigenvalue weighted by molar-refractivity contribution is 0.102. The van der Waals surface area contributed by atoms with E-state index in [-0.39, 0.29) is 5.91 Å². The highest BCUT2D eigenvalue weighted by molar-refractivity contribution is 7.99. The highest BCUT2D eigenvalue weighted by Crippen LogP contribution is 2.25. The first-order valence-electron chi connectivity index (χ1n) is 7.57. The molecular weight excluding hydrogens is 338 g/mol. The van der Waals surface area contributed by atoms with Gasteiger partial charge in [0.15, 0.2) is 5.13 Å². The van der Waals surface area contributed by atoms with Crippen LogP contribution in [0.4, 0.5) is 5.13 Å². The Hall–Kier alpha value is -2.18. The number of nitrogens with zero attached hydrogens (tertiary/aromatic N) is 2. The zero-order chi connectivity index (χ0) is 16.9. The van der Waals surface area contributed by atoms with Gasteiger partial charge in [-0.25, -0.2) is 4.98 Å². The normalized spacial score (nSPS) is 10.8. The maximum absolute atomic E-state index is 12.3. The topological polar surface area (TPSA) is 54.9 Å². The van der Waals surface area contributed by atoms with Crippen LogP contribution in [-0.2, 0) is 0 Å². The highest BCUT2D eigenvalue weighted by Gasteiger charge is 2.10. The van der Waals surface area contributed by atoms with Crippen molar-refractivity contribution in [3.05, 3.63) is 59.6 Å². The summed E-state index contributed by atoms with van der Waals surface area (Å²) in [6.45, 7) is 4.29. The third-order valence-corrected chi connectivity index (χ3v) is 4.91. The number of carbonyl (C=O) groups is 1. The van der Waals surface area contributed by atoms with Gasteiger partial charge in [-0.15, -0.1) is 23.1 Å². The summed E-state index contributed by atoms with van der Waals surface area (Å²) in [6.07, 6.45) is 1.73. The third kappa shape index (κ3) is 4.21. The smallest absolute Gasteiger partial charge is 0.257 e. The minimum atomic E-state index is -0.155. The number of carbonyl (C=O) groups excluding carboxylic acids is 1. The number of thioether (sulfide) groups is 1. The third-order valence-electron chi connectivity index (χ3n) is 3.14. The molecule has 6 heteroatoms. The van der Waals surface area contributed by atoms with Crippen LogP contribution in [0.5, 0.6) is 0 Å². The molecule has 0 unspecified atom stereocenters. The Morgan fingerprint density at radius 1 is 1.12 bits per heavy atom. The molecule has 0 aliphatic rings. The molecule has 0 fully saturated rings. The standard InChI is InChI=1S/C18H17N3OS2/c1-12(2)24-14-8-6-13(7-9-14)17(22)21-18-20-16(11-23-18)15-5-3-4-10-19-15/h3-12H,1-2H3,(H,20,21,22). The summed E-state index contributed by atoms with van der Waals surface area (Å²) in [6, 6.07) is 13.3. The van der Waals surface area contributed by atoms with Gasteiger partial charge in [-0.2, -0.15) is 0 Å². The maximum atomic E-state index is 12.3. The van der Waals surface area contributed by atoms with E-state index in [1.165, 1.54) is 11.3 Å². The van der Waals surface area contributed by atoms with Crippen molar-refractivity contribution >= 4 is 34.1 Å². The van der Waals surface area contributed by atoms with Crippen molar-refractivity contribution in [3.8, 4) is 11.4 Å². The van der Waals surface area contributed by atoms with Gasteiger partial charge < -0.3 is 0 Å². The van der Waals surface area contributed by atoms with Crippen LogP contribution >= 0.6 is 23.1 Å². The average Bonchev–Trinajstić information content (AvgIpc) is 3.04. The second-order valence-corrected chi connectivity index (χ2v) is 7.91. The van der Waals surface area contributed by atoms with E-state index in [4.69, 9.17) is 0 Å². The number of rotatable bonds is 5. The Morgan fingerprint density at radius 2 is 1.92 bits per heavy atom. The summed E-state index contributed by atoms with van der Waals surface area (Å²) in [4.78, 5) is 22.2. The molecule has 0 radical (unpaired) electrons. The molecule has 3 aromatic rings. The van der Waals surface area contributed by atoms with Crippen LogP contribution in [0.1, 0.15) is 24.2 Å². The van der Waals surface area contributed by atoms with Gasteiger partial charge >= 0.3 is 0 Å². The van der Waals surface area contributed by atoms with Gasteiger partial charge in [-0.05, 0) is 36.4 Å². The largest absolute Gasteiger partial charge is 0.298 e. The fourth-order valence-corrected chi connectivity index (χ4v) is 3.63. The van der Waals surface area contributed by atoms with Crippen molar-refractivity contribution in [3.63, 3.8) is 0 Å². The van der Waals surface area contributed by atoms with E-state index in [1.807, 2.05) is 47.8 Å². The van der Waals surface area contributed by atoms with Crippen molar-refractivity contribution in [1.82, 2.24) is 9.97 Å². The van der Waals surface area contributed by atoms with E-state index in [2.05, 4.69) is 29.1 Å². The van der Waals surface area contributed by atoms with Crippen LogP contribution in [0.25, 0.3) is 11.4 Å². The molecule has 0 saturated heterocycles. The number of aromatic nitrogens is 2. The molecule has 0 bridgehead atoms. The molecule has 4 nitrogen and oxygen atoms in total. The number of amides is 1. The van der Waals surface area contributed by atoms with E-state index in [9.17, 15) is 4.79 Å². The number of hydrogen-bond acceptors (Lipinski definition) is 5. The van der Waals surface area contributed by atoms with Gasteiger partial charge in [0.1, 0.15) is 5.69 Å². The van der Waals surface area contributed by atoms with Crippen LogP contribution in [-0.4, -0.2) is 21.1 Å². The predicted octanol–water partition coefficient (Wildman–Crippen LogP) is 4.96. The summed E-state index contributed by atoms with van der Waals surface area (Å²) < 4.78 is 0. The lowest BCUT2D eigenvalue weighted by Crippen LogP contribution is -2.11. The molecule has 2 heterocycles. The fraction of sp³-hybridized carbons (Fsp3) is 0.167. The van der Waals surface area contributed by atoms with Crippen molar-refractivity contribution in [2.75, 3.05) is 5.32 Å². The van der Waals surface area contributed by atoms with E-state index in [0.29, 0.717) is 15.9 Å². The Labute approximate surface area is 149 Å². The zero-order valence-corrected chi connectivity index (χ0v) is 15.0. The van der Waals surface area contributed by atoms with Crippen molar-refractivity contribution in [2.45, 2.75) is 24.0 Å². The van der Waals surface area contributed by atoms with Crippen LogP contribution in [0.3, 0.4) is 0 Å². The molecular formula is C18H17N3OS2. The zero-order valence-electron chi connectivity index (χ0n) is 13.4. The molecule has 0 aliphatic heterocycles. The average molecular weight is 355 g/mol. The molecule has 0 atom stereocenters. The van der Waals surface area contributed by atoms with Crippen molar-refractivity contribution in [1.29, 1.82) is 0 Å². The summed E-state index contributed by atoms with van der Waals surface area (Å²) in [5, 5.41) is 5.82. The second-order valence-electron chi connectivity index (χ2n) is 5.40. The molecule has 24 heavy (non-hydrogen) atoms. The summed E-state index contributed by atoms with van der Waals surface area (Å²) in [5.74, 6) is -0.155. The van der Waals surface area contributed by atoms with Gasteiger partial charge in [-0.3, -0.25) is 15.1 Å². The maximum Gasteiger partial charge on any atom is 0.257 e. The van der Waals surface area contributed by atoms with Crippen molar-refractivity contribution < 1.29 is 4.79 Å². The molecule has 0 spiro atoms. The monoisotopic (exact) mass is 355 g/mol. The van der Waals surface area contributed by atoms with Crippen LogP contribution in [0, 0.1) is 0 Å². The Morgan fingerprint density at radius 3 is 2.58 bits per heavy atom. The molecule has 3 rings (SSSR count). The predicted molar refractivity (Wildman–Crippen MR) is 101 cm³/mol. The lowest BCUT2D eigenvalue weighted by Gasteiger charge is -2.06. The van der Waals surface area contributed by atoms with E-state index < -0.39 is 0 Å². The highest BCUT2D eigenvalue weighted by atomic mass is 32.2. The van der Waals surface area contributed by atoms with Crippen LogP contribution < -0.4 is 5.32 Å². The fourth-order valence-electron chi connectivity index (χ4n) is 2.09. The van der Waals surface area contributed by atoms with Crippen molar-refractivity contribution in [2.24, 2.45) is 0 Å². The lowest BCUT2D eigenvalue weighted by atomic mass is 10.2.